The standard InChI is InChI=1S/C16H23NO4S/c1-2-3-7-12-22(20,21)17-15(10-11-16(18)19)13-14-8-5-4-6-9-14/h2,4-6,8-9,15,17H,1,3,7,10-13H2,(H,18,19). The number of rotatable bonds is 11. The summed E-state index contributed by atoms with van der Waals surface area (Å²) in [4.78, 5) is 10.7. The summed E-state index contributed by atoms with van der Waals surface area (Å²) in [5.74, 6) is -0.902. The Morgan fingerprint density at radius 1 is 1.32 bits per heavy atom. The molecular weight excluding hydrogens is 302 g/mol. The summed E-state index contributed by atoms with van der Waals surface area (Å²) in [5.41, 5.74) is 0.978. The fraction of sp³-hybridized carbons (Fsp3) is 0.438. The molecule has 0 radical (unpaired) electrons. The van der Waals surface area contributed by atoms with E-state index in [2.05, 4.69) is 11.3 Å². The minimum Gasteiger partial charge on any atom is -0.481 e. The summed E-state index contributed by atoms with van der Waals surface area (Å²) in [5, 5.41) is 8.81. The third-order valence-electron chi connectivity index (χ3n) is 3.20. The van der Waals surface area contributed by atoms with Gasteiger partial charge in [0.25, 0.3) is 0 Å². The van der Waals surface area contributed by atoms with E-state index in [0.717, 1.165) is 5.56 Å². The van der Waals surface area contributed by atoms with Gasteiger partial charge >= 0.3 is 5.97 Å². The average Bonchev–Trinajstić information content (AvgIpc) is 2.45. The van der Waals surface area contributed by atoms with Crippen LogP contribution in [0.2, 0.25) is 0 Å². The SMILES string of the molecule is C=CCCCS(=O)(=O)NC(CCC(=O)O)Cc1ccccc1. The number of nitrogens with one attached hydrogen (secondary N) is 1. The van der Waals surface area contributed by atoms with Gasteiger partial charge in [0.15, 0.2) is 0 Å². The third-order valence-corrected chi connectivity index (χ3v) is 4.72. The highest BCUT2D eigenvalue weighted by molar-refractivity contribution is 7.89. The second-order valence-corrected chi connectivity index (χ2v) is 7.06. The topological polar surface area (TPSA) is 83.5 Å². The number of carbonyl (C=O) groups is 1. The van der Waals surface area contributed by atoms with Crippen molar-refractivity contribution in [3.8, 4) is 0 Å². The predicted molar refractivity (Wildman–Crippen MR) is 87.2 cm³/mol. The van der Waals surface area contributed by atoms with Crippen molar-refractivity contribution < 1.29 is 18.3 Å². The van der Waals surface area contributed by atoms with Crippen LogP contribution in [-0.2, 0) is 21.2 Å². The molecular formula is C16H23NO4S. The van der Waals surface area contributed by atoms with Crippen LogP contribution >= 0.6 is 0 Å². The van der Waals surface area contributed by atoms with Gasteiger partial charge in [0, 0.05) is 12.5 Å². The molecule has 1 unspecified atom stereocenters. The van der Waals surface area contributed by atoms with Crippen LogP contribution in [0.5, 0.6) is 0 Å². The second kappa shape index (κ2) is 9.38. The zero-order chi connectivity index (χ0) is 16.4. The zero-order valence-electron chi connectivity index (χ0n) is 12.6. The Kier molecular flexibility index (Phi) is 7.84. The fourth-order valence-electron chi connectivity index (χ4n) is 2.13. The van der Waals surface area contributed by atoms with Gasteiger partial charge in [0.2, 0.25) is 10.0 Å². The van der Waals surface area contributed by atoms with Crippen LogP contribution in [0.3, 0.4) is 0 Å². The van der Waals surface area contributed by atoms with Gasteiger partial charge in [-0.05, 0) is 31.2 Å². The Labute approximate surface area is 132 Å². The van der Waals surface area contributed by atoms with E-state index in [1.807, 2.05) is 30.3 Å². The number of benzene rings is 1. The lowest BCUT2D eigenvalue weighted by atomic mass is 10.0. The lowest BCUT2D eigenvalue weighted by molar-refractivity contribution is -0.137. The average molecular weight is 325 g/mol. The lowest BCUT2D eigenvalue weighted by Gasteiger charge is -2.18. The minimum atomic E-state index is -3.41. The Morgan fingerprint density at radius 2 is 2.00 bits per heavy atom. The Bertz CT molecular complexity index is 569. The third kappa shape index (κ3) is 7.95. The molecule has 0 aromatic heterocycles. The highest BCUT2D eigenvalue weighted by atomic mass is 32.2. The van der Waals surface area contributed by atoms with Crippen LogP contribution in [0.4, 0.5) is 0 Å². The number of aliphatic carboxylic acids is 1. The van der Waals surface area contributed by atoms with Gasteiger partial charge in [-0.2, -0.15) is 0 Å². The first-order chi connectivity index (χ1) is 10.4. The van der Waals surface area contributed by atoms with Crippen molar-refractivity contribution in [2.75, 3.05) is 5.75 Å². The van der Waals surface area contributed by atoms with Crippen LogP contribution in [0.25, 0.3) is 0 Å². The van der Waals surface area contributed by atoms with Crippen molar-refractivity contribution in [3.05, 3.63) is 48.6 Å². The monoisotopic (exact) mass is 325 g/mol. The molecule has 1 aromatic carbocycles. The molecule has 0 aliphatic rings. The van der Waals surface area contributed by atoms with Gasteiger partial charge in [-0.1, -0.05) is 36.4 Å². The van der Waals surface area contributed by atoms with E-state index in [-0.39, 0.29) is 18.6 Å². The van der Waals surface area contributed by atoms with E-state index in [1.54, 1.807) is 6.08 Å². The van der Waals surface area contributed by atoms with Gasteiger partial charge in [0.1, 0.15) is 0 Å². The largest absolute Gasteiger partial charge is 0.481 e. The summed E-state index contributed by atoms with van der Waals surface area (Å²) in [7, 11) is -3.41. The van der Waals surface area contributed by atoms with Gasteiger partial charge in [-0.25, -0.2) is 13.1 Å². The number of allylic oxidation sites excluding steroid dienone is 1. The molecule has 0 saturated carbocycles. The van der Waals surface area contributed by atoms with Gasteiger partial charge in [-0.15, -0.1) is 6.58 Å². The minimum absolute atomic E-state index is 0.0252. The molecule has 0 amide bonds. The highest BCUT2D eigenvalue weighted by Gasteiger charge is 2.19. The zero-order valence-corrected chi connectivity index (χ0v) is 13.4. The lowest BCUT2D eigenvalue weighted by Crippen LogP contribution is -2.38. The molecule has 5 nitrogen and oxygen atoms in total. The molecule has 0 aliphatic heterocycles. The maximum atomic E-state index is 12.1. The molecule has 0 fully saturated rings. The number of carboxylic acid groups (broad SMARTS) is 1. The number of sulfonamides is 1. The highest BCUT2D eigenvalue weighted by Crippen LogP contribution is 2.10. The molecule has 0 heterocycles. The van der Waals surface area contributed by atoms with E-state index in [9.17, 15) is 13.2 Å². The molecule has 1 rings (SSSR count). The molecule has 0 saturated heterocycles. The first-order valence-electron chi connectivity index (χ1n) is 7.29. The Morgan fingerprint density at radius 3 is 2.59 bits per heavy atom. The molecule has 22 heavy (non-hydrogen) atoms. The maximum Gasteiger partial charge on any atom is 0.303 e. The molecule has 0 aliphatic carbocycles. The van der Waals surface area contributed by atoms with Crippen LogP contribution in [0, 0.1) is 0 Å². The van der Waals surface area contributed by atoms with Crippen LogP contribution < -0.4 is 4.72 Å². The molecule has 0 bridgehead atoms. The second-order valence-electron chi connectivity index (χ2n) is 5.19. The maximum absolute atomic E-state index is 12.1. The normalized spacial score (nSPS) is 12.7. The summed E-state index contributed by atoms with van der Waals surface area (Å²) in [6, 6.07) is 9.03. The molecule has 2 N–H and O–H groups in total. The van der Waals surface area contributed by atoms with Gasteiger partial charge < -0.3 is 5.11 Å². The quantitative estimate of drug-likeness (QED) is 0.483. The molecule has 1 aromatic rings. The summed E-state index contributed by atoms with van der Waals surface area (Å²) in [6.07, 6.45) is 3.52. The van der Waals surface area contributed by atoms with E-state index < -0.39 is 22.0 Å². The van der Waals surface area contributed by atoms with Crippen LogP contribution in [0.15, 0.2) is 43.0 Å². The summed E-state index contributed by atoms with van der Waals surface area (Å²) < 4.78 is 26.7. The van der Waals surface area contributed by atoms with Crippen molar-refractivity contribution in [2.24, 2.45) is 0 Å². The smallest absolute Gasteiger partial charge is 0.303 e. The van der Waals surface area contributed by atoms with Crippen LogP contribution in [0.1, 0.15) is 31.2 Å². The molecule has 122 valence electrons. The number of hydrogen-bond acceptors (Lipinski definition) is 3. The van der Waals surface area contributed by atoms with Crippen molar-refractivity contribution in [2.45, 2.75) is 38.1 Å². The van der Waals surface area contributed by atoms with Crippen molar-refractivity contribution in [1.29, 1.82) is 0 Å². The fourth-order valence-corrected chi connectivity index (χ4v) is 3.50. The summed E-state index contributed by atoms with van der Waals surface area (Å²) in [6.45, 7) is 3.57. The van der Waals surface area contributed by atoms with Crippen LogP contribution in [-0.4, -0.2) is 31.3 Å². The predicted octanol–water partition coefficient (Wildman–Crippen LogP) is 2.35. The van der Waals surface area contributed by atoms with Crippen molar-refractivity contribution in [3.63, 3.8) is 0 Å². The summed E-state index contributed by atoms with van der Waals surface area (Å²) >= 11 is 0. The van der Waals surface area contributed by atoms with E-state index in [0.29, 0.717) is 19.3 Å². The van der Waals surface area contributed by atoms with Crippen molar-refractivity contribution in [1.82, 2.24) is 4.72 Å². The Balaban J connectivity index is 2.68. The number of unbranched alkanes of at least 4 members (excludes halogenated alkanes) is 1. The first kappa shape index (κ1) is 18.4. The van der Waals surface area contributed by atoms with E-state index in [1.165, 1.54) is 0 Å². The van der Waals surface area contributed by atoms with Crippen molar-refractivity contribution >= 4 is 16.0 Å². The van der Waals surface area contributed by atoms with Gasteiger partial charge in [0.05, 0.1) is 5.75 Å². The molecule has 6 heteroatoms. The first-order valence-corrected chi connectivity index (χ1v) is 8.95. The van der Waals surface area contributed by atoms with E-state index in [4.69, 9.17) is 5.11 Å². The number of carboxylic acids is 1. The Hall–Kier alpha value is -1.66. The molecule has 0 spiro atoms. The van der Waals surface area contributed by atoms with Gasteiger partial charge in [-0.3, -0.25) is 4.79 Å². The number of hydrogen-bond donors (Lipinski definition) is 2. The molecule has 1 atom stereocenters. The van der Waals surface area contributed by atoms with E-state index >= 15 is 0 Å².